The van der Waals surface area contributed by atoms with Crippen LogP contribution in [0.5, 0.6) is 0 Å². The third kappa shape index (κ3) is 3.94. The Balaban J connectivity index is 1.75. The summed E-state index contributed by atoms with van der Waals surface area (Å²) in [5.41, 5.74) is 1.24. The Kier molecular flexibility index (Phi) is 4.49. The lowest BCUT2D eigenvalue weighted by atomic mass is 10.1. The molecule has 104 valence electrons. The van der Waals surface area contributed by atoms with Crippen molar-refractivity contribution in [2.45, 2.75) is 13.0 Å². The summed E-state index contributed by atoms with van der Waals surface area (Å²) in [6, 6.07) is 8.38. The first kappa shape index (κ1) is 13.8. The van der Waals surface area contributed by atoms with Crippen molar-refractivity contribution in [3.8, 4) is 0 Å². The molecule has 0 fully saturated rings. The minimum Gasteiger partial charge on any atom is -0.478 e. The van der Waals surface area contributed by atoms with E-state index >= 15 is 0 Å². The van der Waals surface area contributed by atoms with Crippen molar-refractivity contribution in [1.82, 2.24) is 15.1 Å². The zero-order valence-electron chi connectivity index (χ0n) is 10.8. The van der Waals surface area contributed by atoms with Gasteiger partial charge in [-0.15, -0.1) is 0 Å². The molecule has 0 saturated heterocycles. The molecule has 0 saturated carbocycles. The maximum absolute atomic E-state index is 11.6. The Morgan fingerprint density at radius 1 is 1.25 bits per heavy atom. The number of nitrogens with one attached hydrogen (secondary N) is 1. The molecule has 0 aliphatic rings. The topological polar surface area (TPSA) is 84.2 Å². The number of rotatable bonds is 6. The van der Waals surface area contributed by atoms with E-state index in [1.807, 2.05) is 0 Å². The number of benzene rings is 1. The maximum Gasteiger partial charge on any atom is 0.335 e. The molecule has 2 rings (SSSR count). The third-order valence-corrected chi connectivity index (χ3v) is 2.80. The standard InChI is InChI=1S/C14H15N3O3/c18-13(10-17-9-1-7-16-17)15-8-6-11-2-4-12(5-3-11)14(19)20/h1-5,7,9H,6,8,10H2,(H,15,18)(H,19,20). The van der Waals surface area contributed by atoms with Crippen LogP contribution < -0.4 is 5.32 Å². The molecule has 2 aromatic rings. The summed E-state index contributed by atoms with van der Waals surface area (Å²) in [6.45, 7) is 0.706. The maximum atomic E-state index is 11.6. The average molecular weight is 273 g/mol. The average Bonchev–Trinajstić information content (AvgIpc) is 2.92. The predicted molar refractivity (Wildman–Crippen MR) is 72.3 cm³/mol. The molecule has 20 heavy (non-hydrogen) atoms. The Labute approximate surface area is 116 Å². The van der Waals surface area contributed by atoms with Crippen LogP contribution in [0.4, 0.5) is 0 Å². The van der Waals surface area contributed by atoms with Crippen LogP contribution in [0.25, 0.3) is 0 Å². The van der Waals surface area contributed by atoms with Crippen LogP contribution in [-0.2, 0) is 17.8 Å². The van der Waals surface area contributed by atoms with E-state index < -0.39 is 5.97 Å². The van der Waals surface area contributed by atoms with Crippen LogP contribution in [-0.4, -0.2) is 33.3 Å². The molecule has 1 aromatic heterocycles. The Morgan fingerprint density at radius 3 is 2.60 bits per heavy atom. The van der Waals surface area contributed by atoms with Crippen LogP contribution in [0.3, 0.4) is 0 Å². The van der Waals surface area contributed by atoms with Gasteiger partial charge in [-0.1, -0.05) is 12.1 Å². The second-order valence-corrected chi connectivity index (χ2v) is 4.31. The first-order valence-corrected chi connectivity index (χ1v) is 6.21. The number of carbonyl (C=O) groups is 2. The number of nitrogens with zero attached hydrogens (tertiary/aromatic N) is 2. The minimum atomic E-state index is -0.941. The normalized spacial score (nSPS) is 10.2. The van der Waals surface area contributed by atoms with E-state index in [1.54, 1.807) is 47.4 Å². The predicted octanol–water partition coefficient (Wildman–Crippen LogP) is 0.940. The number of amides is 1. The number of aromatic carboxylic acids is 1. The van der Waals surface area contributed by atoms with Gasteiger partial charge < -0.3 is 10.4 Å². The van der Waals surface area contributed by atoms with Crippen molar-refractivity contribution in [1.29, 1.82) is 0 Å². The van der Waals surface area contributed by atoms with Crippen molar-refractivity contribution in [2.75, 3.05) is 6.54 Å². The smallest absolute Gasteiger partial charge is 0.335 e. The Bertz CT molecular complexity index is 576. The lowest BCUT2D eigenvalue weighted by molar-refractivity contribution is -0.121. The van der Waals surface area contributed by atoms with Gasteiger partial charge in [0.25, 0.3) is 0 Å². The second-order valence-electron chi connectivity index (χ2n) is 4.31. The summed E-state index contributed by atoms with van der Waals surface area (Å²) in [5.74, 6) is -1.04. The summed E-state index contributed by atoms with van der Waals surface area (Å²) in [5, 5.41) is 15.5. The summed E-state index contributed by atoms with van der Waals surface area (Å²) < 4.78 is 1.55. The number of carboxylic acid groups (broad SMARTS) is 1. The molecule has 0 atom stereocenters. The number of carbonyl (C=O) groups excluding carboxylic acids is 1. The summed E-state index contributed by atoms with van der Waals surface area (Å²) in [4.78, 5) is 22.3. The lowest BCUT2D eigenvalue weighted by Gasteiger charge is -2.06. The summed E-state index contributed by atoms with van der Waals surface area (Å²) in [7, 11) is 0. The Hall–Kier alpha value is -2.63. The number of aromatic nitrogens is 2. The molecular formula is C14H15N3O3. The van der Waals surface area contributed by atoms with Crippen molar-refractivity contribution >= 4 is 11.9 Å². The zero-order chi connectivity index (χ0) is 14.4. The van der Waals surface area contributed by atoms with Gasteiger partial charge in [-0.2, -0.15) is 5.10 Å². The molecular weight excluding hydrogens is 258 g/mol. The molecule has 1 heterocycles. The monoisotopic (exact) mass is 273 g/mol. The molecule has 0 radical (unpaired) electrons. The van der Waals surface area contributed by atoms with E-state index in [0.717, 1.165) is 5.56 Å². The molecule has 0 unspecified atom stereocenters. The number of hydrogen-bond acceptors (Lipinski definition) is 3. The fourth-order valence-corrected chi connectivity index (χ4v) is 1.76. The molecule has 6 nitrogen and oxygen atoms in total. The van der Waals surface area contributed by atoms with Gasteiger partial charge in [-0.05, 0) is 30.2 Å². The fraction of sp³-hybridized carbons (Fsp3) is 0.214. The fourth-order valence-electron chi connectivity index (χ4n) is 1.76. The van der Waals surface area contributed by atoms with Crippen LogP contribution in [0.1, 0.15) is 15.9 Å². The third-order valence-electron chi connectivity index (χ3n) is 2.80. The van der Waals surface area contributed by atoms with Crippen molar-refractivity contribution < 1.29 is 14.7 Å². The van der Waals surface area contributed by atoms with Crippen LogP contribution >= 0.6 is 0 Å². The van der Waals surface area contributed by atoms with Gasteiger partial charge in [0.2, 0.25) is 5.91 Å². The van der Waals surface area contributed by atoms with E-state index in [-0.39, 0.29) is 18.0 Å². The highest BCUT2D eigenvalue weighted by Gasteiger charge is 2.04. The van der Waals surface area contributed by atoms with E-state index in [1.165, 1.54) is 0 Å². The van der Waals surface area contributed by atoms with Gasteiger partial charge in [0.05, 0.1) is 5.56 Å². The van der Waals surface area contributed by atoms with E-state index in [9.17, 15) is 9.59 Å². The second kappa shape index (κ2) is 6.51. The summed E-state index contributed by atoms with van der Waals surface area (Å²) in [6.07, 6.45) is 4.01. The first-order valence-electron chi connectivity index (χ1n) is 6.21. The lowest BCUT2D eigenvalue weighted by Crippen LogP contribution is -2.29. The van der Waals surface area contributed by atoms with Gasteiger partial charge in [-0.25, -0.2) is 4.79 Å². The van der Waals surface area contributed by atoms with Gasteiger partial charge in [0, 0.05) is 18.9 Å². The molecule has 0 aliphatic heterocycles. The van der Waals surface area contributed by atoms with Gasteiger partial charge in [0.15, 0.2) is 0 Å². The SMILES string of the molecule is O=C(Cn1cccn1)NCCc1ccc(C(=O)O)cc1. The quantitative estimate of drug-likeness (QED) is 0.820. The summed E-state index contributed by atoms with van der Waals surface area (Å²) >= 11 is 0. The Morgan fingerprint density at radius 2 is 2.00 bits per heavy atom. The van der Waals surface area contributed by atoms with Gasteiger partial charge >= 0.3 is 5.97 Å². The van der Waals surface area contributed by atoms with Gasteiger partial charge in [-0.3, -0.25) is 9.48 Å². The largest absolute Gasteiger partial charge is 0.478 e. The van der Waals surface area contributed by atoms with Gasteiger partial charge in [0.1, 0.15) is 6.54 Å². The number of hydrogen-bond donors (Lipinski definition) is 2. The van der Waals surface area contributed by atoms with Crippen LogP contribution in [0.2, 0.25) is 0 Å². The molecule has 0 spiro atoms. The van der Waals surface area contributed by atoms with Crippen LogP contribution in [0, 0.1) is 0 Å². The van der Waals surface area contributed by atoms with Crippen LogP contribution in [0.15, 0.2) is 42.7 Å². The van der Waals surface area contributed by atoms with E-state index in [4.69, 9.17) is 5.11 Å². The molecule has 6 heteroatoms. The highest BCUT2D eigenvalue weighted by Crippen LogP contribution is 2.04. The number of carboxylic acids is 1. The van der Waals surface area contributed by atoms with Crippen molar-refractivity contribution in [3.05, 3.63) is 53.9 Å². The molecule has 1 amide bonds. The first-order chi connectivity index (χ1) is 9.65. The zero-order valence-corrected chi connectivity index (χ0v) is 10.8. The van der Waals surface area contributed by atoms with Crippen molar-refractivity contribution in [3.63, 3.8) is 0 Å². The highest BCUT2D eigenvalue weighted by molar-refractivity contribution is 5.87. The van der Waals surface area contributed by atoms with Crippen molar-refractivity contribution in [2.24, 2.45) is 0 Å². The molecule has 0 aliphatic carbocycles. The van der Waals surface area contributed by atoms with E-state index in [2.05, 4.69) is 10.4 Å². The van der Waals surface area contributed by atoms with E-state index in [0.29, 0.717) is 13.0 Å². The molecule has 0 bridgehead atoms. The molecule has 2 N–H and O–H groups in total. The highest BCUT2D eigenvalue weighted by atomic mass is 16.4. The molecule has 1 aromatic carbocycles. The minimum absolute atomic E-state index is 0.101.